The molecule has 0 aliphatic rings. The molecule has 2 aromatic carbocycles. The maximum Gasteiger partial charge on any atom is 0.262 e. The van der Waals surface area contributed by atoms with Gasteiger partial charge in [0.1, 0.15) is 12.4 Å². The normalized spacial score (nSPS) is 11.6. The van der Waals surface area contributed by atoms with Crippen molar-refractivity contribution in [3.63, 3.8) is 0 Å². The number of hydrogen-bond donors (Lipinski definition) is 0. The first kappa shape index (κ1) is 15.7. The van der Waals surface area contributed by atoms with E-state index >= 15 is 0 Å². The number of nitrogens with zero attached hydrogens (tertiary/aromatic N) is 1. The van der Waals surface area contributed by atoms with Crippen LogP contribution in [0.4, 0.5) is 0 Å². The second kappa shape index (κ2) is 6.25. The first-order chi connectivity index (χ1) is 12.3. The van der Waals surface area contributed by atoms with Crippen LogP contribution in [0.5, 0.6) is 5.75 Å². The molecule has 0 fully saturated rings. The maximum atomic E-state index is 13.4. The van der Waals surface area contributed by atoms with Gasteiger partial charge in [-0.05, 0) is 25.0 Å². The van der Waals surface area contributed by atoms with Crippen molar-refractivity contribution in [2.45, 2.75) is 26.2 Å². The molecule has 0 N–H and O–H groups in total. The highest BCUT2D eigenvalue weighted by Gasteiger charge is 2.21. The van der Waals surface area contributed by atoms with Crippen LogP contribution in [0, 0.1) is 0 Å². The Morgan fingerprint density at radius 2 is 1.84 bits per heavy atom. The molecule has 25 heavy (non-hydrogen) atoms. The molecule has 2 aromatic heterocycles. The van der Waals surface area contributed by atoms with Gasteiger partial charge in [-0.1, -0.05) is 56.3 Å². The summed E-state index contributed by atoms with van der Waals surface area (Å²) in [6.07, 6.45) is 4.45. The van der Waals surface area contributed by atoms with E-state index in [1.165, 1.54) is 0 Å². The molecule has 3 heteroatoms. The van der Waals surface area contributed by atoms with E-state index in [1.54, 1.807) is 6.08 Å². The summed E-state index contributed by atoms with van der Waals surface area (Å²) in [4.78, 5) is 13.4. The molecule has 0 saturated carbocycles. The molecular weight excluding hydrogens is 310 g/mol. The molecule has 4 aromatic rings. The fourth-order valence-electron chi connectivity index (χ4n) is 3.69. The molecule has 3 nitrogen and oxygen atoms in total. The topological polar surface area (TPSA) is 30.7 Å². The lowest BCUT2D eigenvalue weighted by Gasteiger charge is -2.14. The Morgan fingerprint density at radius 1 is 1.08 bits per heavy atom. The molecule has 0 radical (unpaired) electrons. The minimum absolute atomic E-state index is 0.0393. The summed E-state index contributed by atoms with van der Waals surface area (Å²) in [5, 5.41) is 3.20. The highest BCUT2D eigenvalue weighted by molar-refractivity contribution is 6.15. The molecule has 0 spiro atoms. The summed E-state index contributed by atoms with van der Waals surface area (Å²) < 4.78 is 7.85. The summed E-state index contributed by atoms with van der Waals surface area (Å²) in [6, 6.07) is 14.3. The number of unbranched alkanes of at least 4 members (excludes halogenated alkanes) is 1. The van der Waals surface area contributed by atoms with Crippen LogP contribution in [-0.4, -0.2) is 11.0 Å². The van der Waals surface area contributed by atoms with Crippen molar-refractivity contribution in [3.8, 4) is 5.75 Å². The highest BCUT2D eigenvalue weighted by atomic mass is 16.5. The smallest absolute Gasteiger partial charge is 0.262 e. The molecule has 0 aliphatic carbocycles. The van der Waals surface area contributed by atoms with Gasteiger partial charge in [-0.3, -0.25) is 9.20 Å². The molecule has 0 aliphatic heterocycles. The van der Waals surface area contributed by atoms with Crippen molar-refractivity contribution in [2.75, 3.05) is 6.61 Å². The fraction of sp³-hybridized carbons (Fsp3) is 0.227. The van der Waals surface area contributed by atoms with Crippen LogP contribution >= 0.6 is 0 Å². The number of rotatable bonds is 6. The Hall–Kier alpha value is -2.81. The van der Waals surface area contributed by atoms with E-state index in [0.29, 0.717) is 6.61 Å². The Kier molecular flexibility index (Phi) is 3.92. The second-order valence-electron chi connectivity index (χ2n) is 6.37. The Balaban J connectivity index is 2.18. The van der Waals surface area contributed by atoms with Crippen molar-refractivity contribution in [1.29, 1.82) is 0 Å². The molecule has 0 atom stereocenters. The van der Waals surface area contributed by atoms with E-state index in [9.17, 15) is 4.79 Å². The minimum atomic E-state index is 0.0393. The van der Waals surface area contributed by atoms with Crippen molar-refractivity contribution in [2.24, 2.45) is 0 Å². The largest absolute Gasteiger partial charge is 0.488 e. The Morgan fingerprint density at radius 3 is 2.64 bits per heavy atom. The summed E-state index contributed by atoms with van der Waals surface area (Å²) in [5.41, 5.74) is 2.72. The lowest BCUT2D eigenvalue weighted by molar-refractivity contribution is 0.362. The van der Waals surface area contributed by atoms with Gasteiger partial charge in [-0.25, -0.2) is 0 Å². The Bertz CT molecular complexity index is 1120. The zero-order chi connectivity index (χ0) is 17.4. The van der Waals surface area contributed by atoms with Crippen LogP contribution in [0.2, 0.25) is 0 Å². The van der Waals surface area contributed by atoms with Crippen LogP contribution in [0.25, 0.3) is 27.2 Å². The van der Waals surface area contributed by atoms with Gasteiger partial charge in [0, 0.05) is 16.2 Å². The van der Waals surface area contributed by atoms with E-state index in [4.69, 9.17) is 4.74 Å². The van der Waals surface area contributed by atoms with Gasteiger partial charge in [-0.15, -0.1) is 0 Å². The van der Waals surface area contributed by atoms with Gasteiger partial charge in [0.25, 0.3) is 5.56 Å². The molecular formula is C22H21NO2. The van der Waals surface area contributed by atoms with E-state index in [2.05, 4.69) is 31.7 Å². The van der Waals surface area contributed by atoms with Crippen molar-refractivity contribution in [1.82, 2.24) is 4.40 Å². The predicted molar refractivity (Wildman–Crippen MR) is 104 cm³/mol. The number of pyridine rings is 1. The van der Waals surface area contributed by atoms with Crippen LogP contribution in [0.1, 0.15) is 25.3 Å². The number of ether oxygens (including phenoxy) is 1. The summed E-state index contributed by atoms with van der Waals surface area (Å²) >= 11 is 0. The van der Waals surface area contributed by atoms with Crippen LogP contribution < -0.4 is 10.3 Å². The van der Waals surface area contributed by atoms with Gasteiger partial charge in [0.15, 0.2) is 0 Å². The van der Waals surface area contributed by atoms with Crippen LogP contribution in [0.15, 0.2) is 59.9 Å². The molecule has 2 heterocycles. The number of hydrogen-bond acceptors (Lipinski definition) is 2. The third-order valence-corrected chi connectivity index (χ3v) is 4.80. The van der Waals surface area contributed by atoms with Gasteiger partial charge in [-0.2, -0.15) is 0 Å². The summed E-state index contributed by atoms with van der Waals surface area (Å²) in [5.74, 6) is 0.722. The number of aromatic nitrogens is 1. The summed E-state index contributed by atoms with van der Waals surface area (Å²) in [6.45, 7) is 6.27. The lowest BCUT2D eigenvalue weighted by atomic mass is 10.0. The molecule has 0 amide bonds. The average Bonchev–Trinajstić information content (AvgIpc) is 2.98. The zero-order valence-corrected chi connectivity index (χ0v) is 14.4. The first-order valence-electron chi connectivity index (χ1n) is 8.82. The quantitative estimate of drug-likeness (QED) is 0.468. The van der Waals surface area contributed by atoms with E-state index in [0.717, 1.165) is 57.8 Å². The highest BCUT2D eigenvalue weighted by Crippen LogP contribution is 2.36. The second-order valence-corrected chi connectivity index (χ2v) is 6.37. The molecule has 0 saturated heterocycles. The lowest BCUT2D eigenvalue weighted by Crippen LogP contribution is -2.20. The van der Waals surface area contributed by atoms with Crippen molar-refractivity contribution >= 4 is 27.2 Å². The van der Waals surface area contributed by atoms with E-state index in [-0.39, 0.29) is 5.56 Å². The van der Waals surface area contributed by atoms with E-state index < -0.39 is 0 Å². The molecule has 0 bridgehead atoms. The number of para-hydroxylation sites is 2. The minimum Gasteiger partial charge on any atom is -0.488 e. The third-order valence-electron chi connectivity index (χ3n) is 4.80. The standard InChI is InChI=1S/C22H21NO2/c1-3-5-9-18-21(25-14-4-2)17-12-8-11-16-15-10-6-7-13-19(15)23(20(16)17)22(18)24/h4,6-8,10-13H,2-3,5,9,14H2,1H3. The first-order valence-corrected chi connectivity index (χ1v) is 8.82. The average molecular weight is 331 g/mol. The molecule has 126 valence electrons. The van der Waals surface area contributed by atoms with Crippen molar-refractivity contribution < 1.29 is 4.74 Å². The van der Waals surface area contributed by atoms with Gasteiger partial charge in [0.2, 0.25) is 0 Å². The van der Waals surface area contributed by atoms with Gasteiger partial charge >= 0.3 is 0 Å². The molecule has 0 unspecified atom stereocenters. The van der Waals surface area contributed by atoms with Gasteiger partial charge < -0.3 is 4.74 Å². The summed E-state index contributed by atoms with van der Waals surface area (Å²) in [7, 11) is 0. The van der Waals surface area contributed by atoms with Crippen LogP contribution in [0.3, 0.4) is 0 Å². The van der Waals surface area contributed by atoms with E-state index in [1.807, 2.05) is 28.7 Å². The van der Waals surface area contributed by atoms with Crippen molar-refractivity contribution in [3.05, 3.63) is 71.0 Å². The predicted octanol–water partition coefficient (Wildman–Crippen LogP) is 4.95. The van der Waals surface area contributed by atoms with Crippen LogP contribution in [-0.2, 0) is 6.42 Å². The SMILES string of the molecule is C=CCOc1c(CCCC)c(=O)n2c3ccccc3c3cccc1c32. The maximum absolute atomic E-state index is 13.4. The fourth-order valence-corrected chi connectivity index (χ4v) is 3.69. The number of benzene rings is 2. The molecule has 4 rings (SSSR count). The Labute approximate surface area is 146 Å². The third kappa shape index (κ3) is 2.30. The zero-order valence-electron chi connectivity index (χ0n) is 14.4. The number of fused-ring (bicyclic) bond motifs is 3. The monoisotopic (exact) mass is 331 g/mol. The van der Waals surface area contributed by atoms with Gasteiger partial charge in [0.05, 0.1) is 16.6 Å².